The zero-order chi connectivity index (χ0) is 23.3. The first-order valence-corrected chi connectivity index (χ1v) is 11.0. The lowest BCUT2D eigenvalue weighted by Gasteiger charge is -2.33. The average molecular weight is 454 g/mol. The number of nitrogens with zero attached hydrogens (tertiary/aromatic N) is 6. The second-order valence-corrected chi connectivity index (χ2v) is 7.87. The van der Waals surface area contributed by atoms with Crippen LogP contribution in [0.4, 0.5) is 22.2 Å². The Labute approximate surface area is 196 Å². The fourth-order valence-corrected chi connectivity index (χ4v) is 3.91. The number of amides is 1. The molecule has 9 nitrogen and oxygen atoms in total. The zero-order valence-electron chi connectivity index (χ0n) is 18.4. The summed E-state index contributed by atoms with van der Waals surface area (Å²) < 4.78 is 0. The van der Waals surface area contributed by atoms with Gasteiger partial charge in [-0.05, 0) is 35.4 Å². The lowest BCUT2D eigenvalue weighted by atomic mass is 10.0. The Bertz CT molecular complexity index is 1280. The van der Waals surface area contributed by atoms with E-state index in [1.807, 2.05) is 36.4 Å². The van der Waals surface area contributed by atoms with E-state index < -0.39 is 6.09 Å². The first kappa shape index (κ1) is 21.3. The molecule has 0 spiro atoms. The molecule has 4 heterocycles. The number of anilines is 3. The molecule has 4 aromatic rings. The van der Waals surface area contributed by atoms with Crippen LogP contribution in [0.25, 0.3) is 22.4 Å². The van der Waals surface area contributed by atoms with Crippen molar-refractivity contribution >= 4 is 23.5 Å². The molecule has 170 valence electrons. The first-order chi connectivity index (χ1) is 16.7. The van der Waals surface area contributed by atoms with E-state index in [4.69, 9.17) is 4.98 Å². The fourth-order valence-electron chi connectivity index (χ4n) is 3.91. The quantitative estimate of drug-likeness (QED) is 0.464. The van der Waals surface area contributed by atoms with Gasteiger partial charge < -0.3 is 20.2 Å². The molecule has 1 saturated heterocycles. The van der Waals surface area contributed by atoms with Crippen LogP contribution >= 0.6 is 0 Å². The van der Waals surface area contributed by atoms with E-state index in [0.29, 0.717) is 37.8 Å². The maximum atomic E-state index is 11.2. The lowest BCUT2D eigenvalue weighted by Crippen LogP contribution is -2.48. The molecule has 34 heavy (non-hydrogen) atoms. The standard InChI is InChI=1S/C25H23N7O2/c33-25(34)32-12-10-31(11-13-32)24-16-19(6-7-28-24)21-14-20(18-4-2-1-3-5-18)15-22(29-21)30-23-17-26-8-9-27-23/h1-9,14-17H,10-13H2,(H,33,34)(H,27,29,30). The number of nitrogens with one attached hydrogen (secondary N) is 1. The number of rotatable bonds is 5. The van der Waals surface area contributed by atoms with Gasteiger partial charge in [0.25, 0.3) is 0 Å². The molecule has 5 rings (SSSR count). The summed E-state index contributed by atoms with van der Waals surface area (Å²) in [6.07, 6.45) is 5.79. The van der Waals surface area contributed by atoms with Gasteiger partial charge in [-0.1, -0.05) is 30.3 Å². The molecule has 2 N–H and O–H groups in total. The van der Waals surface area contributed by atoms with E-state index in [9.17, 15) is 9.90 Å². The van der Waals surface area contributed by atoms with Crippen molar-refractivity contribution in [3.05, 3.63) is 79.4 Å². The van der Waals surface area contributed by atoms with Gasteiger partial charge in [0.2, 0.25) is 0 Å². The van der Waals surface area contributed by atoms with E-state index in [2.05, 4.69) is 43.4 Å². The van der Waals surface area contributed by atoms with Crippen LogP contribution in [0.3, 0.4) is 0 Å². The largest absolute Gasteiger partial charge is 0.465 e. The van der Waals surface area contributed by atoms with Gasteiger partial charge in [0.15, 0.2) is 0 Å². The molecule has 0 saturated carbocycles. The van der Waals surface area contributed by atoms with Gasteiger partial charge in [-0.2, -0.15) is 0 Å². The molecule has 9 heteroatoms. The Morgan fingerprint density at radius 1 is 0.824 bits per heavy atom. The van der Waals surface area contributed by atoms with Crippen LogP contribution in [0.5, 0.6) is 0 Å². The summed E-state index contributed by atoms with van der Waals surface area (Å²) in [7, 11) is 0. The van der Waals surface area contributed by atoms with Crippen molar-refractivity contribution in [3.8, 4) is 22.4 Å². The maximum Gasteiger partial charge on any atom is 0.407 e. The topological polar surface area (TPSA) is 107 Å². The summed E-state index contributed by atoms with van der Waals surface area (Å²) in [6.45, 7) is 2.10. The molecule has 1 aliphatic rings. The van der Waals surface area contributed by atoms with Crippen LogP contribution in [0.2, 0.25) is 0 Å². The molecule has 0 atom stereocenters. The van der Waals surface area contributed by atoms with Crippen LogP contribution in [0.15, 0.2) is 79.4 Å². The minimum absolute atomic E-state index is 0.454. The number of hydrogen-bond donors (Lipinski definition) is 2. The Kier molecular flexibility index (Phi) is 5.98. The normalized spacial score (nSPS) is 13.5. The summed E-state index contributed by atoms with van der Waals surface area (Å²) >= 11 is 0. The molecule has 1 amide bonds. The predicted molar refractivity (Wildman–Crippen MR) is 130 cm³/mol. The predicted octanol–water partition coefficient (Wildman–Crippen LogP) is 4.14. The molecule has 1 aromatic carbocycles. The van der Waals surface area contributed by atoms with E-state index >= 15 is 0 Å². The van der Waals surface area contributed by atoms with Crippen LogP contribution < -0.4 is 10.2 Å². The number of aromatic nitrogens is 4. The van der Waals surface area contributed by atoms with Crippen LogP contribution in [-0.2, 0) is 0 Å². The van der Waals surface area contributed by atoms with Crippen molar-refractivity contribution in [2.24, 2.45) is 0 Å². The van der Waals surface area contributed by atoms with E-state index in [1.54, 1.807) is 24.8 Å². The second kappa shape index (κ2) is 9.53. The van der Waals surface area contributed by atoms with Crippen LogP contribution in [-0.4, -0.2) is 62.2 Å². The zero-order valence-corrected chi connectivity index (χ0v) is 18.4. The van der Waals surface area contributed by atoms with Gasteiger partial charge in [0.05, 0.1) is 11.9 Å². The molecule has 0 radical (unpaired) electrons. The lowest BCUT2D eigenvalue weighted by molar-refractivity contribution is 0.142. The summed E-state index contributed by atoms with van der Waals surface area (Å²) in [5.74, 6) is 2.07. The smallest absolute Gasteiger partial charge is 0.407 e. The van der Waals surface area contributed by atoms with Crippen LogP contribution in [0.1, 0.15) is 0 Å². The number of carbonyl (C=O) groups is 1. The molecular formula is C25H23N7O2. The first-order valence-electron chi connectivity index (χ1n) is 11.0. The Balaban J connectivity index is 1.48. The number of pyridine rings is 2. The van der Waals surface area contributed by atoms with Crippen LogP contribution in [0, 0.1) is 0 Å². The summed E-state index contributed by atoms with van der Waals surface area (Å²) in [4.78, 5) is 32.5. The third-order valence-electron chi connectivity index (χ3n) is 5.67. The number of carboxylic acid groups (broad SMARTS) is 1. The van der Waals surface area contributed by atoms with Gasteiger partial charge >= 0.3 is 6.09 Å². The third kappa shape index (κ3) is 4.78. The summed E-state index contributed by atoms with van der Waals surface area (Å²) in [6, 6.07) is 18.1. The third-order valence-corrected chi connectivity index (χ3v) is 5.67. The summed E-state index contributed by atoms with van der Waals surface area (Å²) in [5, 5.41) is 12.5. The minimum Gasteiger partial charge on any atom is -0.465 e. The number of hydrogen-bond acceptors (Lipinski definition) is 7. The molecule has 0 bridgehead atoms. The van der Waals surface area contributed by atoms with Gasteiger partial charge in [-0.3, -0.25) is 4.98 Å². The summed E-state index contributed by atoms with van der Waals surface area (Å²) in [5.41, 5.74) is 3.81. The number of piperazine rings is 1. The molecule has 1 aliphatic heterocycles. The van der Waals surface area contributed by atoms with Crippen molar-refractivity contribution in [2.75, 3.05) is 36.4 Å². The molecule has 0 unspecified atom stereocenters. The highest BCUT2D eigenvalue weighted by molar-refractivity contribution is 5.75. The molecule has 3 aromatic heterocycles. The van der Waals surface area contributed by atoms with Gasteiger partial charge in [-0.25, -0.2) is 19.7 Å². The second-order valence-electron chi connectivity index (χ2n) is 7.87. The van der Waals surface area contributed by atoms with Gasteiger partial charge in [0, 0.05) is 50.3 Å². The fraction of sp³-hybridized carbons (Fsp3) is 0.160. The molecular weight excluding hydrogens is 430 g/mol. The highest BCUT2D eigenvalue weighted by atomic mass is 16.4. The Morgan fingerprint density at radius 3 is 2.38 bits per heavy atom. The molecule has 0 aliphatic carbocycles. The SMILES string of the molecule is O=C(O)N1CCN(c2cc(-c3cc(-c4ccccc4)cc(Nc4cnccn4)n3)ccn2)CC1. The highest BCUT2D eigenvalue weighted by Gasteiger charge is 2.21. The van der Waals surface area contributed by atoms with Crippen molar-refractivity contribution in [2.45, 2.75) is 0 Å². The average Bonchev–Trinajstić information content (AvgIpc) is 2.90. The van der Waals surface area contributed by atoms with E-state index in [1.165, 1.54) is 4.90 Å². The number of benzene rings is 1. The van der Waals surface area contributed by atoms with Crippen molar-refractivity contribution < 1.29 is 9.90 Å². The Morgan fingerprint density at radius 2 is 1.65 bits per heavy atom. The van der Waals surface area contributed by atoms with Crippen molar-refractivity contribution in [1.29, 1.82) is 0 Å². The monoisotopic (exact) mass is 453 g/mol. The van der Waals surface area contributed by atoms with Crippen molar-refractivity contribution in [1.82, 2.24) is 24.8 Å². The highest BCUT2D eigenvalue weighted by Crippen LogP contribution is 2.30. The minimum atomic E-state index is -0.883. The maximum absolute atomic E-state index is 11.2. The van der Waals surface area contributed by atoms with Crippen molar-refractivity contribution in [3.63, 3.8) is 0 Å². The van der Waals surface area contributed by atoms with E-state index in [0.717, 1.165) is 28.2 Å². The molecule has 1 fully saturated rings. The Hall–Kier alpha value is -4.53. The van der Waals surface area contributed by atoms with E-state index in [-0.39, 0.29) is 0 Å². The van der Waals surface area contributed by atoms with Gasteiger partial charge in [0.1, 0.15) is 17.5 Å². The van der Waals surface area contributed by atoms with Gasteiger partial charge in [-0.15, -0.1) is 0 Å².